The molecule has 0 aliphatic carbocycles. The third-order valence-electron chi connectivity index (χ3n) is 2.94. The largest absolute Gasteiger partial charge is 0.494 e. The van der Waals surface area contributed by atoms with E-state index in [1.807, 2.05) is 34.9 Å². The molecule has 19 heavy (non-hydrogen) atoms. The quantitative estimate of drug-likeness (QED) is 0.766. The minimum absolute atomic E-state index is 0.435. The molecule has 2 heterocycles. The van der Waals surface area contributed by atoms with Crippen LogP contribution in [0.25, 0.3) is 11.0 Å². The van der Waals surface area contributed by atoms with Gasteiger partial charge in [0, 0.05) is 6.20 Å². The number of ether oxygens (including phenoxy) is 1. The van der Waals surface area contributed by atoms with E-state index >= 15 is 0 Å². The van der Waals surface area contributed by atoms with E-state index in [4.69, 9.17) is 10.5 Å². The number of para-hydroxylation sites is 1. The number of anilines is 1. The van der Waals surface area contributed by atoms with Crippen molar-refractivity contribution in [3.63, 3.8) is 0 Å². The maximum atomic E-state index is 5.97. The van der Waals surface area contributed by atoms with Crippen LogP contribution >= 0.6 is 0 Å². The van der Waals surface area contributed by atoms with Crippen LogP contribution in [0.1, 0.15) is 5.69 Å². The monoisotopic (exact) mass is 255 g/mol. The van der Waals surface area contributed by atoms with Crippen molar-refractivity contribution in [1.29, 1.82) is 0 Å². The standard InChI is InChI=1S/C13H13N5O/c1-19-11-6-2-5-10-12(11)16-13(14)18(10)8-9-4-3-7-15-17-9/h2-7H,8H2,1H3,(H2,14,16). The molecular weight excluding hydrogens is 242 g/mol. The molecule has 6 nitrogen and oxygen atoms in total. The van der Waals surface area contributed by atoms with E-state index in [0.29, 0.717) is 18.2 Å². The summed E-state index contributed by atoms with van der Waals surface area (Å²) in [6.45, 7) is 0.531. The van der Waals surface area contributed by atoms with Gasteiger partial charge in [-0.15, -0.1) is 0 Å². The molecule has 0 fully saturated rings. The molecule has 3 aromatic rings. The van der Waals surface area contributed by atoms with E-state index in [-0.39, 0.29) is 0 Å². The van der Waals surface area contributed by atoms with Crippen LogP contribution in [-0.2, 0) is 6.54 Å². The summed E-state index contributed by atoms with van der Waals surface area (Å²) < 4.78 is 7.18. The molecule has 2 aromatic heterocycles. The zero-order valence-corrected chi connectivity index (χ0v) is 10.4. The number of fused-ring (bicyclic) bond motifs is 1. The summed E-state index contributed by atoms with van der Waals surface area (Å²) >= 11 is 0. The number of methoxy groups -OCH3 is 1. The minimum Gasteiger partial charge on any atom is -0.494 e. The molecule has 0 amide bonds. The van der Waals surface area contributed by atoms with Crippen LogP contribution in [0.2, 0.25) is 0 Å². The number of imidazole rings is 1. The number of benzene rings is 1. The van der Waals surface area contributed by atoms with Crippen LogP contribution in [0.5, 0.6) is 5.75 Å². The molecular formula is C13H13N5O. The van der Waals surface area contributed by atoms with Gasteiger partial charge in [-0.3, -0.25) is 0 Å². The van der Waals surface area contributed by atoms with Crippen molar-refractivity contribution in [3.8, 4) is 5.75 Å². The van der Waals surface area contributed by atoms with Gasteiger partial charge in [0.05, 0.1) is 24.9 Å². The first kappa shape index (κ1) is 11.5. The molecule has 6 heteroatoms. The summed E-state index contributed by atoms with van der Waals surface area (Å²) in [5.41, 5.74) is 8.48. The Hall–Kier alpha value is -2.63. The maximum Gasteiger partial charge on any atom is 0.201 e. The molecule has 0 saturated carbocycles. The first-order chi connectivity index (χ1) is 9.29. The molecule has 0 saturated heterocycles. The zero-order chi connectivity index (χ0) is 13.2. The van der Waals surface area contributed by atoms with Crippen molar-refractivity contribution in [1.82, 2.24) is 19.7 Å². The van der Waals surface area contributed by atoms with Gasteiger partial charge in [-0.05, 0) is 24.3 Å². The highest BCUT2D eigenvalue weighted by atomic mass is 16.5. The van der Waals surface area contributed by atoms with Crippen LogP contribution in [0.15, 0.2) is 36.5 Å². The van der Waals surface area contributed by atoms with Crippen molar-refractivity contribution in [2.75, 3.05) is 12.8 Å². The van der Waals surface area contributed by atoms with Gasteiger partial charge in [-0.1, -0.05) is 6.07 Å². The normalized spacial score (nSPS) is 10.8. The molecule has 0 radical (unpaired) electrons. The Labute approximate surface area is 109 Å². The molecule has 0 atom stereocenters. The summed E-state index contributed by atoms with van der Waals surface area (Å²) in [6.07, 6.45) is 1.64. The third-order valence-corrected chi connectivity index (χ3v) is 2.94. The lowest BCUT2D eigenvalue weighted by Gasteiger charge is -2.05. The predicted octanol–water partition coefficient (Wildman–Crippen LogP) is 1.47. The second-order valence-corrected chi connectivity index (χ2v) is 4.10. The van der Waals surface area contributed by atoms with Crippen molar-refractivity contribution >= 4 is 17.0 Å². The van der Waals surface area contributed by atoms with Crippen LogP contribution in [0.3, 0.4) is 0 Å². The van der Waals surface area contributed by atoms with E-state index in [1.165, 1.54) is 0 Å². The number of nitrogens with zero attached hydrogens (tertiary/aromatic N) is 4. The first-order valence-electron chi connectivity index (χ1n) is 5.85. The second kappa shape index (κ2) is 4.56. The van der Waals surface area contributed by atoms with Gasteiger partial charge in [0.15, 0.2) is 0 Å². The highest BCUT2D eigenvalue weighted by Crippen LogP contribution is 2.27. The zero-order valence-electron chi connectivity index (χ0n) is 10.4. The molecule has 0 bridgehead atoms. The Balaban J connectivity index is 2.11. The Morgan fingerprint density at radius 2 is 2.16 bits per heavy atom. The van der Waals surface area contributed by atoms with E-state index in [2.05, 4.69) is 15.2 Å². The lowest BCUT2D eigenvalue weighted by Crippen LogP contribution is -2.06. The number of hydrogen-bond donors (Lipinski definition) is 1. The van der Waals surface area contributed by atoms with Crippen molar-refractivity contribution < 1.29 is 4.74 Å². The minimum atomic E-state index is 0.435. The van der Waals surface area contributed by atoms with Gasteiger partial charge in [0.2, 0.25) is 5.95 Å². The fourth-order valence-corrected chi connectivity index (χ4v) is 2.05. The van der Waals surface area contributed by atoms with E-state index in [0.717, 1.165) is 16.7 Å². The lowest BCUT2D eigenvalue weighted by atomic mass is 10.3. The van der Waals surface area contributed by atoms with Crippen molar-refractivity contribution in [3.05, 3.63) is 42.2 Å². The number of nitrogens with two attached hydrogens (primary N) is 1. The third kappa shape index (κ3) is 1.97. The summed E-state index contributed by atoms with van der Waals surface area (Å²) in [4.78, 5) is 4.35. The van der Waals surface area contributed by atoms with Crippen molar-refractivity contribution in [2.45, 2.75) is 6.54 Å². The first-order valence-corrected chi connectivity index (χ1v) is 5.85. The molecule has 0 unspecified atom stereocenters. The van der Waals surface area contributed by atoms with E-state index in [9.17, 15) is 0 Å². The highest BCUT2D eigenvalue weighted by Gasteiger charge is 2.12. The second-order valence-electron chi connectivity index (χ2n) is 4.10. The molecule has 1 aromatic carbocycles. The smallest absolute Gasteiger partial charge is 0.201 e. The molecule has 0 aliphatic rings. The molecule has 2 N–H and O–H groups in total. The fourth-order valence-electron chi connectivity index (χ4n) is 2.05. The Morgan fingerprint density at radius 1 is 1.26 bits per heavy atom. The van der Waals surface area contributed by atoms with Gasteiger partial charge in [0.25, 0.3) is 0 Å². The Morgan fingerprint density at radius 3 is 2.89 bits per heavy atom. The summed E-state index contributed by atoms with van der Waals surface area (Å²) in [5.74, 6) is 1.15. The average Bonchev–Trinajstić information content (AvgIpc) is 2.76. The van der Waals surface area contributed by atoms with Crippen LogP contribution in [0.4, 0.5) is 5.95 Å². The summed E-state index contributed by atoms with van der Waals surface area (Å²) in [6, 6.07) is 9.48. The van der Waals surface area contributed by atoms with Gasteiger partial charge in [-0.2, -0.15) is 10.2 Å². The number of hydrogen-bond acceptors (Lipinski definition) is 5. The van der Waals surface area contributed by atoms with E-state index < -0.39 is 0 Å². The molecule has 0 spiro atoms. The van der Waals surface area contributed by atoms with Gasteiger partial charge < -0.3 is 15.0 Å². The Kier molecular flexibility index (Phi) is 2.75. The van der Waals surface area contributed by atoms with Crippen LogP contribution in [0, 0.1) is 0 Å². The molecule has 3 rings (SSSR count). The highest BCUT2D eigenvalue weighted by molar-refractivity contribution is 5.84. The number of aromatic nitrogens is 4. The fraction of sp³-hybridized carbons (Fsp3) is 0.154. The van der Waals surface area contributed by atoms with Crippen molar-refractivity contribution in [2.24, 2.45) is 0 Å². The predicted molar refractivity (Wildman–Crippen MR) is 71.8 cm³/mol. The number of nitrogen functional groups attached to an aromatic ring is 1. The molecule has 96 valence electrons. The average molecular weight is 255 g/mol. The topological polar surface area (TPSA) is 78.9 Å². The summed E-state index contributed by atoms with van der Waals surface area (Å²) in [5, 5.41) is 7.92. The SMILES string of the molecule is COc1cccc2c1nc(N)n2Cc1cccnn1. The number of rotatable bonds is 3. The maximum absolute atomic E-state index is 5.97. The van der Waals surface area contributed by atoms with Gasteiger partial charge >= 0.3 is 0 Å². The lowest BCUT2D eigenvalue weighted by molar-refractivity contribution is 0.419. The van der Waals surface area contributed by atoms with Gasteiger partial charge in [0.1, 0.15) is 11.3 Å². The van der Waals surface area contributed by atoms with Gasteiger partial charge in [-0.25, -0.2) is 4.98 Å². The summed E-state index contributed by atoms with van der Waals surface area (Å²) in [7, 11) is 1.62. The molecule has 0 aliphatic heterocycles. The van der Waals surface area contributed by atoms with Crippen LogP contribution < -0.4 is 10.5 Å². The van der Waals surface area contributed by atoms with Crippen LogP contribution in [-0.4, -0.2) is 26.9 Å². The Bertz CT molecular complexity index is 708. The van der Waals surface area contributed by atoms with E-state index in [1.54, 1.807) is 13.3 Å².